The van der Waals surface area contributed by atoms with Crippen LogP contribution < -0.4 is 0 Å². The van der Waals surface area contributed by atoms with E-state index in [-0.39, 0.29) is 35.5 Å². The Balaban J connectivity index is 1.34. The zero-order valence-electron chi connectivity index (χ0n) is 19.1. The zero-order chi connectivity index (χ0) is 22.9. The topological polar surface area (TPSA) is 55.1 Å². The maximum absolute atomic E-state index is 13.5. The van der Waals surface area contributed by atoms with E-state index in [1.807, 2.05) is 10.8 Å². The maximum atomic E-state index is 13.5. The van der Waals surface area contributed by atoms with Crippen LogP contribution in [-0.4, -0.2) is 32.2 Å². The summed E-state index contributed by atoms with van der Waals surface area (Å²) in [4.78, 5) is 17.3. The van der Waals surface area contributed by atoms with Crippen molar-refractivity contribution in [1.82, 2.24) is 9.55 Å². The lowest BCUT2D eigenvalue weighted by molar-refractivity contribution is -0.290. The minimum atomic E-state index is -4.55. The van der Waals surface area contributed by atoms with Crippen molar-refractivity contribution in [2.24, 2.45) is 40.4 Å². The first-order chi connectivity index (χ1) is 15.0. The highest BCUT2D eigenvalue weighted by Crippen LogP contribution is 2.68. The number of fused-ring (bicyclic) bond motifs is 5. The van der Waals surface area contributed by atoms with Crippen molar-refractivity contribution in [2.75, 3.05) is 0 Å². The Bertz CT molecular complexity index is 871. The van der Waals surface area contributed by atoms with Gasteiger partial charge in [-0.05, 0) is 92.3 Å². The second kappa shape index (κ2) is 7.31. The third-order valence-corrected chi connectivity index (χ3v) is 10.5. The zero-order valence-corrected chi connectivity index (χ0v) is 19.1. The Morgan fingerprint density at radius 3 is 2.50 bits per heavy atom. The molecule has 7 heteroatoms. The molecule has 0 amide bonds. The average molecular weight is 453 g/mol. The lowest BCUT2D eigenvalue weighted by atomic mass is 9.43. The number of aromatic nitrogens is 2. The van der Waals surface area contributed by atoms with Crippen molar-refractivity contribution in [1.29, 1.82) is 0 Å². The summed E-state index contributed by atoms with van der Waals surface area (Å²) in [5, 5.41) is 10.4. The van der Waals surface area contributed by atoms with Crippen molar-refractivity contribution >= 4 is 5.78 Å². The molecular weight excluding hydrogens is 417 g/mol. The highest BCUT2D eigenvalue weighted by Gasteiger charge is 2.65. The summed E-state index contributed by atoms with van der Waals surface area (Å²) in [7, 11) is 0. The summed E-state index contributed by atoms with van der Waals surface area (Å²) >= 11 is 0. The van der Waals surface area contributed by atoms with Gasteiger partial charge in [0.1, 0.15) is 0 Å². The molecular formula is C25H35F3N2O2. The number of alkyl halides is 3. The number of rotatable bonds is 3. The predicted octanol–water partition coefficient (Wildman–Crippen LogP) is 5.40. The van der Waals surface area contributed by atoms with Crippen LogP contribution in [0.5, 0.6) is 0 Å². The molecule has 1 aromatic rings. The van der Waals surface area contributed by atoms with Crippen LogP contribution in [0, 0.1) is 40.4 Å². The number of aliphatic hydroxyl groups is 1. The average Bonchev–Trinajstić information content (AvgIpc) is 3.34. The molecule has 4 aliphatic carbocycles. The molecule has 4 fully saturated rings. The third-order valence-electron chi connectivity index (χ3n) is 10.5. The van der Waals surface area contributed by atoms with Gasteiger partial charge in [0, 0.05) is 18.3 Å². The second-order valence-electron chi connectivity index (χ2n) is 11.8. The van der Waals surface area contributed by atoms with Crippen LogP contribution in [0.4, 0.5) is 13.2 Å². The minimum absolute atomic E-state index is 0.0105. The van der Waals surface area contributed by atoms with Gasteiger partial charge in [-0.2, -0.15) is 13.2 Å². The summed E-state index contributed by atoms with van der Waals surface area (Å²) in [5.74, 6) is 1.63. The quantitative estimate of drug-likeness (QED) is 0.668. The number of halogens is 3. The lowest BCUT2D eigenvalue weighted by Gasteiger charge is -2.62. The molecule has 1 N–H and O–H groups in total. The first kappa shape index (κ1) is 22.4. The molecule has 1 heterocycles. The first-order valence-corrected chi connectivity index (χ1v) is 12.3. The fourth-order valence-electron chi connectivity index (χ4n) is 8.70. The summed E-state index contributed by atoms with van der Waals surface area (Å²) in [6, 6.07) is 0. The number of hydrogen-bond donors (Lipinski definition) is 1. The van der Waals surface area contributed by atoms with Crippen LogP contribution in [0.2, 0.25) is 0 Å². The lowest BCUT2D eigenvalue weighted by Crippen LogP contribution is -2.59. The van der Waals surface area contributed by atoms with E-state index >= 15 is 0 Å². The molecule has 4 nitrogen and oxygen atoms in total. The molecule has 4 saturated carbocycles. The molecule has 0 radical (unpaired) electrons. The maximum Gasteiger partial charge on any atom is 0.417 e. The standard InChI is InChI=1S/C25H35F3N2O2/c1-22-9-10-24(32,25(26,27)28)13-16(22)3-4-17-18-5-6-20(23(18,2)8-7-19(17)22)21(31)14-30-12-11-29-15-30/h11-12,15-20,32H,3-10,13-14H2,1-2H3/t16?,17-,18-,19-,20+,22-,23-,24?/m0/s1. The Morgan fingerprint density at radius 1 is 1.06 bits per heavy atom. The van der Waals surface area contributed by atoms with Crippen LogP contribution in [0.25, 0.3) is 0 Å². The van der Waals surface area contributed by atoms with Crippen molar-refractivity contribution < 1.29 is 23.1 Å². The second-order valence-corrected chi connectivity index (χ2v) is 11.8. The Kier molecular flexibility index (Phi) is 5.12. The van der Waals surface area contributed by atoms with E-state index in [0.717, 1.165) is 38.5 Å². The van der Waals surface area contributed by atoms with E-state index in [9.17, 15) is 23.1 Å². The summed E-state index contributed by atoms with van der Waals surface area (Å²) in [6.45, 7) is 4.87. The smallest absolute Gasteiger partial charge is 0.380 e. The van der Waals surface area contributed by atoms with Gasteiger partial charge in [0.25, 0.3) is 0 Å². The summed E-state index contributed by atoms with van der Waals surface area (Å²) < 4.78 is 42.5. The van der Waals surface area contributed by atoms with Gasteiger partial charge in [0.05, 0.1) is 12.9 Å². The predicted molar refractivity (Wildman–Crippen MR) is 113 cm³/mol. The van der Waals surface area contributed by atoms with E-state index in [0.29, 0.717) is 36.5 Å². The Hall–Kier alpha value is -1.37. The van der Waals surface area contributed by atoms with Gasteiger partial charge >= 0.3 is 6.18 Å². The van der Waals surface area contributed by atoms with E-state index in [1.165, 1.54) is 0 Å². The van der Waals surface area contributed by atoms with Gasteiger partial charge in [-0.1, -0.05) is 13.8 Å². The van der Waals surface area contributed by atoms with Gasteiger partial charge in [0.2, 0.25) is 0 Å². The molecule has 32 heavy (non-hydrogen) atoms. The van der Waals surface area contributed by atoms with E-state index in [2.05, 4.69) is 18.8 Å². The largest absolute Gasteiger partial charge is 0.417 e. The molecule has 0 saturated heterocycles. The molecule has 0 bridgehead atoms. The fourth-order valence-corrected chi connectivity index (χ4v) is 8.70. The van der Waals surface area contributed by atoms with Crippen molar-refractivity contribution in [3.8, 4) is 0 Å². The fraction of sp³-hybridized carbons (Fsp3) is 0.840. The minimum Gasteiger partial charge on any atom is -0.380 e. The number of nitrogens with zero attached hydrogens (tertiary/aromatic N) is 2. The molecule has 0 aliphatic heterocycles. The molecule has 0 aromatic carbocycles. The highest BCUT2D eigenvalue weighted by atomic mass is 19.4. The molecule has 0 spiro atoms. The van der Waals surface area contributed by atoms with Crippen molar-refractivity contribution in [3.05, 3.63) is 18.7 Å². The van der Waals surface area contributed by atoms with Crippen LogP contribution in [-0.2, 0) is 11.3 Å². The van der Waals surface area contributed by atoms with E-state index in [1.54, 1.807) is 12.5 Å². The molecule has 1 aromatic heterocycles. The molecule has 2 unspecified atom stereocenters. The normalized spacial score (nSPS) is 46.2. The first-order valence-electron chi connectivity index (χ1n) is 12.3. The molecule has 4 aliphatic rings. The number of imidazole rings is 1. The molecule has 178 valence electrons. The van der Waals surface area contributed by atoms with E-state index in [4.69, 9.17) is 0 Å². The van der Waals surface area contributed by atoms with Gasteiger partial charge in [-0.3, -0.25) is 4.79 Å². The summed E-state index contributed by atoms with van der Waals surface area (Å²) in [6.07, 6.45) is 6.41. The van der Waals surface area contributed by atoms with Gasteiger partial charge in [-0.25, -0.2) is 4.98 Å². The highest BCUT2D eigenvalue weighted by molar-refractivity contribution is 5.82. The Morgan fingerprint density at radius 2 is 1.81 bits per heavy atom. The molecule has 8 atom stereocenters. The van der Waals surface area contributed by atoms with Crippen molar-refractivity contribution in [2.45, 2.75) is 90.0 Å². The number of hydrogen-bond acceptors (Lipinski definition) is 3. The SMILES string of the molecule is C[C@]12CC[C@H]3[C@@H](CCC4CC(O)(C(F)(F)F)CC[C@@]43C)[C@@H]1CC[C@@H]2C(=O)Cn1ccnc1. The van der Waals surface area contributed by atoms with E-state index < -0.39 is 11.8 Å². The van der Waals surface area contributed by atoms with Gasteiger partial charge < -0.3 is 9.67 Å². The monoisotopic (exact) mass is 452 g/mol. The number of carbonyl (C=O) groups is 1. The van der Waals surface area contributed by atoms with Gasteiger partial charge in [0.15, 0.2) is 11.4 Å². The van der Waals surface area contributed by atoms with Crippen molar-refractivity contribution in [3.63, 3.8) is 0 Å². The number of Topliss-reactive ketones (excluding diaryl/α,β-unsaturated/α-hetero) is 1. The van der Waals surface area contributed by atoms with Crippen LogP contribution in [0.3, 0.4) is 0 Å². The Labute approximate surface area is 188 Å². The summed E-state index contributed by atoms with van der Waals surface area (Å²) in [5.41, 5.74) is -2.67. The van der Waals surface area contributed by atoms with Crippen LogP contribution >= 0.6 is 0 Å². The molecule has 5 rings (SSSR count). The number of ketones is 1. The number of carbonyl (C=O) groups excluding carboxylic acids is 1. The van der Waals surface area contributed by atoms with Gasteiger partial charge in [-0.15, -0.1) is 0 Å². The van der Waals surface area contributed by atoms with Crippen LogP contribution in [0.15, 0.2) is 18.7 Å². The van der Waals surface area contributed by atoms with Crippen LogP contribution in [0.1, 0.15) is 71.6 Å². The third kappa shape index (κ3) is 3.20.